The Morgan fingerprint density at radius 2 is 2.18 bits per heavy atom. The van der Waals surface area contributed by atoms with Crippen LogP contribution in [0.1, 0.15) is 47.7 Å². The summed E-state index contributed by atoms with van der Waals surface area (Å²) in [6.45, 7) is 6.30. The molecule has 0 saturated heterocycles. The van der Waals surface area contributed by atoms with Gasteiger partial charge in [0.05, 0.1) is 5.69 Å². The first-order chi connectivity index (χ1) is 10.4. The number of hydrogen-bond donors (Lipinski definition) is 1. The molecule has 0 aromatic carbocycles. The summed E-state index contributed by atoms with van der Waals surface area (Å²) in [4.78, 5) is 21.0. The SMILES string of the molecule is Cc1c(C(=O)Nc2ncc3c(n2)CCC(C)(C)C3)nnn1C. The second-order valence-corrected chi connectivity index (χ2v) is 6.61. The van der Waals surface area contributed by atoms with Crippen LogP contribution < -0.4 is 5.32 Å². The van der Waals surface area contributed by atoms with Gasteiger partial charge in [0.1, 0.15) is 0 Å². The first-order valence-electron chi connectivity index (χ1n) is 7.38. The summed E-state index contributed by atoms with van der Waals surface area (Å²) >= 11 is 0. The monoisotopic (exact) mass is 300 g/mol. The van der Waals surface area contributed by atoms with Crippen molar-refractivity contribution in [1.29, 1.82) is 0 Å². The molecule has 1 aliphatic carbocycles. The van der Waals surface area contributed by atoms with Gasteiger partial charge >= 0.3 is 0 Å². The Kier molecular flexibility index (Phi) is 3.42. The minimum absolute atomic E-state index is 0.290. The van der Waals surface area contributed by atoms with Crippen LogP contribution in [0.3, 0.4) is 0 Å². The largest absolute Gasteiger partial charge is 0.289 e. The van der Waals surface area contributed by atoms with Crippen molar-refractivity contribution in [1.82, 2.24) is 25.0 Å². The van der Waals surface area contributed by atoms with Gasteiger partial charge in [-0.15, -0.1) is 5.10 Å². The number of amides is 1. The van der Waals surface area contributed by atoms with E-state index in [1.54, 1.807) is 18.7 Å². The van der Waals surface area contributed by atoms with E-state index in [9.17, 15) is 4.79 Å². The number of carbonyl (C=O) groups excluding carboxylic acids is 1. The van der Waals surface area contributed by atoms with Gasteiger partial charge in [-0.25, -0.2) is 9.97 Å². The molecule has 2 aromatic heterocycles. The Morgan fingerprint density at radius 3 is 2.86 bits per heavy atom. The molecule has 22 heavy (non-hydrogen) atoms. The van der Waals surface area contributed by atoms with Crippen LogP contribution in [0.15, 0.2) is 6.20 Å². The first-order valence-corrected chi connectivity index (χ1v) is 7.38. The highest BCUT2D eigenvalue weighted by Gasteiger charge is 2.26. The summed E-state index contributed by atoms with van der Waals surface area (Å²) in [5, 5.41) is 10.4. The maximum atomic E-state index is 12.2. The normalized spacial score (nSPS) is 16.2. The second-order valence-electron chi connectivity index (χ2n) is 6.61. The number of aromatic nitrogens is 5. The third-order valence-electron chi connectivity index (χ3n) is 4.21. The predicted octanol–water partition coefficient (Wildman–Crippen LogP) is 1.68. The maximum absolute atomic E-state index is 12.2. The zero-order valence-electron chi connectivity index (χ0n) is 13.3. The van der Waals surface area contributed by atoms with Crippen molar-refractivity contribution in [3.05, 3.63) is 28.8 Å². The smallest absolute Gasteiger partial charge is 0.280 e. The Morgan fingerprint density at radius 1 is 1.41 bits per heavy atom. The number of nitrogens with zero attached hydrogens (tertiary/aromatic N) is 5. The molecule has 3 rings (SSSR count). The quantitative estimate of drug-likeness (QED) is 0.912. The molecular formula is C15H20N6O. The minimum Gasteiger partial charge on any atom is -0.289 e. The van der Waals surface area contributed by atoms with E-state index in [2.05, 4.69) is 39.4 Å². The van der Waals surface area contributed by atoms with Gasteiger partial charge in [0.2, 0.25) is 5.95 Å². The maximum Gasteiger partial charge on any atom is 0.280 e. The van der Waals surface area contributed by atoms with Crippen molar-refractivity contribution in [2.24, 2.45) is 12.5 Å². The van der Waals surface area contributed by atoms with Crippen molar-refractivity contribution in [2.75, 3.05) is 5.32 Å². The van der Waals surface area contributed by atoms with E-state index in [4.69, 9.17) is 0 Å². The highest BCUT2D eigenvalue weighted by Crippen LogP contribution is 2.33. The van der Waals surface area contributed by atoms with Gasteiger partial charge in [-0.05, 0) is 37.2 Å². The van der Waals surface area contributed by atoms with Gasteiger partial charge in [-0.3, -0.25) is 14.8 Å². The zero-order chi connectivity index (χ0) is 15.9. The summed E-state index contributed by atoms with van der Waals surface area (Å²) in [5.74, 6) is -0.00445. The second kappa shape index (κ2) is 5.15. The van der Waals surface area contributed by atoms with Crippen molar-refractivity contribution in [3.8, 4) is 0 Å². The number of fused-ring (bicyclic) bond motifs is 1. The fourth-order valence-corrected chi connectivity index (χ4v) is 2.70. The number of carbonyl (C=O) groups is 1. The summed E-state index contributed by atoms with van der Waals surface area (Å²) < 4.78 is 1.56. The van der Waals surface area contributed by atoms with E-state index in [-0.39, 0.29) is 11.3 Å². The molecule has 0 atom stereocenters. The molecule has 1 amide bonds. The van der Waals surface area contributed by atoms with Crippen LogP contribution in [0.4, 0.5) is 5.95 Å². The molecule has 0 radical (unpaired) electrons. The third-order valence-corrected chi connectivity index (χ3v) is 4.21. The highest BCUT2D eigenvalue weighted by molar-refractivity contribution is 6.02. The number of hydrogen-bond acceptors (Lipinski definition) is 5. The zero-order valence-corrected chi connectivity index (χ0v) is 13.3. The van der Waals surface area contributed by atoms with E-state index in [1.807, 2.05) is 6.20 Å². The van der Waals surface area contributed by atoms with Crippen molar-refractivity contribution in [2.45, 2.75) is 40.0 Å². The van der Waals surface area contributed by atoms with Gasteiger partial charge in [-0.1, -0.05) is 19.1 Å². The van der Waals surface area contributed by atoms with Crippen LogP contribution in [0.25, 0.3) is 0 Å². The Labute approximate surface area is 129 Å². The van der Waals surface area contributed by atoms with Crippen molar-refractivity contribution in [3.63, 3.8) is 0 Å². The lowest BCUT2D eigenvalue weighted by Crippen LogP contribution is -2.24. The van der Waals surface area contributed by atoms with Gasteiger partial charge in [-0.2, -0.15) is 0 Å². The van der Waals surface area contributed by atoms with Crippen LogP contribution in [-0.2, 0) is 19.9 Å². The Bertz CT molecular complexity index is 734. The lowest BCUT2D eigenvalue weighted by molar-refractivity contribution is 0.102. The average Bonchev–Trinajstić information content (AvgIpc) is 2.78. The van der Waals surface area contributed by atoms with Crippen LogP contribution in [0, 0.1) is 12.3 Å². The molecule has 0 saturated carbocycles. The molecule has 0 unspecified atom stereocenters. The van der Waals surface area contributed by atoms with E-state index < -0.39 is 0 Å². The van der Waals surface area contributed by atoms with Crippen molar-refractivity contribution < 1.29 is 4.79 Å². The first kappa shape index (κ1) is 14.6. The van der Waals surface area contributed by atoms with Crippen LogP contribution in [0.5, 0.6) is 0 Å². The predicted molar refractivity (Wildman–Crippen MR) is 81.5 cm³/mol. The van der Waals surface area contributed by atoms with Gasteiger partial charge in [0.15, 0.2) is 5.69 Å². The summed E-state index contributed by atoms with van der Waals surface area (Å²) in [5.41, 5.74) is 3.49. The molecule has 116 valence electrons. The number of nitrogens with one attached hydrogen (secondary N) is 1. The Hall–Kier alpha value is -2.31. The standard InChI is InChI=1S/C15H20N6O/c1-9-12(19-20-21(9)4)13(22)18-14-16-8-10-7-15(2,3)6-5-11(10)17-14/h8H,5-7H2,1-4H3,(H,16,17,18,22). The fraction of sp³-hybridized carbons (Fsp3) is 0.533. The van der Waals surface area contributed by atoms with Crippen LogP contribution >= 0.6 is 0 Å². The number of rotatable bonds is 2. The molecule has 7 heteroatoms. The van der Waals surface area contributed by atoms with Gasteiger partial charge < -0.3 is 0 Å². The summed E-state index contributed by atoms with van der Waals surface area (Å²) in [7, 11) is 1.75. The highest BCUT2D eigenvalue weighted by atomic mass is 16.2. The lowest BCUT2D eigenvalue weighted by Gasteiger charge is -2.30. The number of anilines is 1. The Balaban J connectivity index is 1.80. The average molecular weight is 300 g/mol. The lowest BCUT2D eigenvalue weighted by atomic mass is 9.76. The topological polar surface area (TPSA) is 85.6 Å². The summed E-state index contributed by atoms with van der Waals surface area (Å²) in [6, 6.07) is 0. The molecule has 0 fully saturated rings. The van der Waals surface area contributed by atoms with Crippen LogP contribution in [0.2, 0.25) is 0 Å². The number of aryl methyl sites for hydroxylation is 2. The minimum atomic E-state index is -0.332. The molecule has 1 aliphatic rings. The molecule has 0 aliphatic heterocycles. The van der Waals surface area contributed by atoms with Gasteiger partial charge in [0.25, 0.3) is 5.91 Å². The molecule has 2 aromatic rings. The molecule has 1 N–H and O–H groups in total. The van der Waals surface area contributed by atoms with E-state index in [0.29, 0.717) is 17.3 Å². The van der Waals surface area contributed by atoms with E-state index >= 15 is 0 Å². The summed E-state index contributed by atoms with van der Waals surface area (Å²) in [6.07, 6.45) is 4.80. The van der Waals surface area contributed by atoms with E-state index in [1.165, 1.54) is 5.56 Å². The molecule has 0 spiro atoms. The van der Waals surface area contributed by atoms with E-state index in [0.717, 1.165) is 25.0 Å². The molecule has 2 heterocycles. The van der Waals surface area contributed by atoms with Gasteiger partial charge in [0, 0.05) is 18.9 Å². The van der Waals surface area contributed by atoms with Crippen molar-refractivity contribution >= 4 is 11.9 Å². The molecule has 0 bridgehead atoms. The van der Waals surface area contributed by atoms with Crippen LogP contribution in [-0.4, -0.2) is 30.9 Å². The molecule has 7 nitrogen and oxygen atoms in total. The third kappa shape index (κ3) is 2.70. The molecular weight excluding hydrogens is 280 g/mol. The fourth-order valence-electron chi connectivity index (χ4n) is 2.70.